The molecule has 2 heterocycles. The molecule has 1 saturated heterocycles. The summed E-state index contributed by atoms with van der Waals surface area (Å²) in [6, 6.07) is 0. The molecule has 0 aromatic carbocycles. The van der Waals surface area contributed by atoms with Gasteiger partial charge in [-0.3, -0.25) is 9.36 Å². The monoisotopic (exact) mass is 258 g/mol. The SMILES string of the molecule is Cn1c(=O)[nH]cc([C@@H]2O[C@H](CO)C(O)C2O)c1=O. The predicted octanol–water partition coefficient (Wildman–Crippen LogP) is -2.77. The molecule has 18 heavy (non-hydrogen) atoms. The number of aromatic amines is 1. The van der Waals surface area contributed by atoms with Crippen LogP contribution in [0, 0.1) is 0 Å². The van der Waals surface area contributed by atoms with Crippen molar-refractivity contribution in [1.29, 1.82) is 0 Å². The molecule has 2 unspecified atom stereocenters. The van der Waals surface area contributed by atoms with Crippen LogP contribution in [0.2, 0.25) is 0 Å². The van der Waals surface area contributed by atoms with Gasteiger partial charge in [-0.05, 0) is 0 Å². The van der Waals surface area contributed by atoms with Crippen LogP contribution in [0.25, 0.3) is 0 Å². The summed E-state index contributed by atoms with van der Waals surface area (Å²) in [5.74, 6) is 0. The standard InChI is InChI=1S/C10H14N2O6/c1-12-9(16)4(2-11-10(12)17)8-7(15)6(14)5(3-13)18-8/h2,5-8,13-15H,3H2,1H3,(H,11,17)/t5-,6?,7?,8+/m1/s1. The van der Waals surface area contributed by atoms with Gasteiger partial charge in [0, 0.05) is 13.2 Å². The van der Waals surface area contributed by atoms with Crippen molar-refractivity contribution in [2.24, 2.45) is 7.05 Å². The maximum absolute atomic E-state index is 11.8. The second kappa shape index (κ2) is 4.65. The van der Waals surface area contributed by atoms with E-state index in [-0.39, 0.29) is 5.56 Å². The zero-order valence-corrected chi connectivity index (χ0v) is 9.61. The fourth-order valence-electron chi connectivity index (χ4n) is 1.94. The van der Waals surface area contributed by atoms with Gasteiger partial charge in [0.1, 0.15) is 24.4 Å². The lowest BCUT2D eigenvalue weighted by molar-refractivity contribution is -0.0233. The quantitative estimate of drug-likeness (QED) is 0.455. The number of aliphatic hydroxyl groups is 3. The molecule has 4 atom stereocenters. The van der Waals surface area contributed by atoms with E-state index in [1.165, 1.54) is 7.05 Å². The molecule has 0 bridgehead atoms. The maximum Gasteiger partial charge on any atom is 0.328 e. The first-order valence-electron chi connectivity index (χ1n) is 5.38. The molecular formula is C10H14N2O6. The minimum absolute atomic E-state index is 0.0274. The summed E-state index contributed by atoms with van der Waals surface area (Å²) in [5.41, 5.74) is -1.18. The first-order chi connectivity index (χ1) is 8.47. The fraction of sp³-hybridized carbons (Fsp3) is 0.600. The first-order valence-corrected chi connectivity index (χ1v) is 5.38. The van der Waals surface area contributed by atoms with Gasteiger partial charge in [0.25, 0.3) is 5.56 Å². The van der Waals surface area contributed by atoms with Gasteiger partial charge in [0.15, 0.2) is 0 Å². The van der Waals surface area contributed by atoms with E-state index < -0.39 is 42.3 Å². The zero-order valence-electron chi connectivity index (χ0n) is 9.61. The Labute approximate surface area is 101 Å². The molecule has 8 nitrogen and oxygen atoms in total. The van der Waals surface area contributed by atoms with Crippen molar-refractivity contribution in [2.75, 3.05) is 6.61 Å². The third-order valence-electron chi connectivity index (χ3n) is 3.06. The number of H-pyrrole nitrogens is 1. The molecule has 1 aliphatic rings. The number of nitrogens with zero attached hydrogens (tertiary/aromatic N) is 1. The highest BCUT2D eigenvalue weighted by Crippen LogP contribution is 2.31. The molecule has 0 spiro atoms. The number of hydrogen-bond acceptors (Lipinski definition) is 6. The van der Waals surface area contributed by atoms with E-state index in [4.69, 9.17) is 9.84 Å². The molecule has 100 valence electrons. The Hall–Kier alpha value is -1.48. The Bertz CT molecular complexity index is 550. The van der Waals surface area contributed by atoms with Gasteiger partial charge in [-0.15, -0.1) is 0 Å². The number of ether oxygens (including phenoxy) is 1. The maximum atomic E-state index is 11.8. The minimum Gasteiger partial charge on any atom is -0.394 e. The van der Waals surface area contributed by atoms with E-state index in [1.54, 1.807) is 0 Å². The highest BCUT2D eigenvalue weighted by Gasteiger charge is 2.44. The molecule has 0 amide bonds. The van der Waals surface area contributed by atoms with Crippen molar-refractivity contribution in [3.8, 4) is 0 Å². The molecule has 1 aliphatic heterocycles. The van der Waals surface area contributed by atoms with E-state index in [0.29, 0.717) is 0 Å². The number of hydrogen-bond donors (Lipinski definition) is 4. The van der Waals surface area contributed by atoms with Gasteiger partial charge >= 0.3 is 5.69 Å². The van der Waals surface area contributed by atoms with Gasteiger partial charge in [-0.2, -0.15) is 0 Å². The highest BCUT2D eigenvalue weighted by atomic mass is 16.6. The van der Waals surface area contributed by atoms with E-state index in [1.807, 2.05) is 0 Å². The Balaban J connectivity index is 2.42. The molecule has 2 rings (SSSR count). The van der Waals surface area contributed by atoms with Crippen molar-refractivity contribution in [3.05, 3.63) is 32.6 Å². The summed E-state index contributed by atoms with van der Waals surface area (Å²) >= 11 is 0. The third kappa shape index (κ3) is 1.89. The largest absolute Gasteiger partial charge is 0.394 e. The summed E-state index contributed by atoms with van der Waals surface area (Å²) in [6.07, 6.45) is -3.50. The van der Waals surface area contributed by atoms with Crippen molar-refractivity contribution in [1.82, 2.24) is 9.55 Å². The first kappa shape index (κ1) is 13.0. The van der Waals surface area contributed by atoms with Gasteiger partial charge in [-0.25, -0.2) is 4.79 Å². The number of rotatable bonds is 2. The van der Waals surface area contributed by atoms with Crippen LogP contribution in [0.15, 0.2) is 15.8 Å². The van der Waals surface area contributed by atoms with Crippen LogP contribution in [-0.2, 0) is 11.8 Å². The topological polar surface area (TPSA) is 125 Å². The summed E-state index contributed by atoms with van der Waals surface area (Å²) < 4.78 is 6.05. The van der Waals surface area contributed by atoms with Crippen molar-refractivity contribution < 1.29 is 20.1 Å². The van der Waals surface area contributed by atoms with Gasteiger partial charge in [0.2, 0.25) is 0 Å². The van der Waals surface area contributed by atoms with Crippen molar-refractivity contribution in [3.63, 3.8) is 0 Å². The van der Waals surface area contributed by atoms with E-state index >= 15 is 0 Å². The van der Waals surface area contributed by atoms with Crippen molar-refractivity contribution in [2.45, 2.75) is 24.4 Å². The Morgan fingerprint density at radius 1 is 1.39 bits per heavy atom. The van der Waals surface area contributed by atoms with Crippen LogP contribution in [0.1, 0.15) is 11.7 Å². The molecule has 1 aromatic heterocycles. The lowest BCUT2D eigenvalue weighted by atomic mass is 10.0. The Morgan fingerprint density at radius 3 is 2.61 bits per heavy atom. The predicted molar refractivity (Wildman–Crippen MR) is 59.0 cm³/mol. The number of aromatic nitrogens is 2. The molecular weight excluding hydrogens is 244 g/mol. The zero-order chi connectivity index (χ0) is 13.4. The molecule has 0 saturated carbocycles. The van der Waals surface area contributed by atoms with Crippen LogP contribution in [0.3, 0.4) is 0 Å². The van der Waals surface area contributed by atoms with Crippen LogP contribution in [-0.4, -0.2) is 49.8 Å². The molecule has 1 aromatic rings. The molecule has 0 radical (unpaired) electrons. The summed E-state index contributed by atoms with van der Waals surface area (Å²) in [5, 5.41) is 28.3. The third-order valence-corrected chi connectivity index (χ3v) is 3.06. The van der Waals surface area contributed by atoms with Crippen LogP contribution < -0.4 is 11.2 Å². The van der Waals surface area contributed by atoms with Gasteiger partial charge in [0.05, 0.1) is 12.2 Å². The molecule has 8 heteroatoms. The van der Waals surface area contributed by atoms with Crippen LogP contribution in [0.4, 0.5) is 0 Å². The Kier molecular flexibility index (Phi) is 3.35. The minimum atomic E-state index is -1.33. The van der Waals surface area contributed by atoms with Gasteiger partial charge < -0.3 is 25.0 Å². The number of aliphatic hydroxyl groups excluding tert-OH is 3. The molecule has 0 aliphatic carbocycles. The molecule has 1 fully saturated rings. The molecule has 4 N–H and O–H groups in total. The smallest absolute Gasteiger partial charge is 0.328 e. The number of nitrogens with one attached hydrogen (secondary N) is 1. The average Bonchev–Trinajstić information content (AvgIpc) is 2.64. The van der Waals surface area contributed by atoms with Crippen molar-refractivity contribution >= 4 is 0 Å². The average molecular weight is 258 g/mol. The van der Waals surface area contributed by atoms with E-state index in [0.717, 1.165) is 10.8 Å². The van der Waals surface area contributed by atoms with E-state index in [9.17, 15) is 19.8 Å². The summed E-state index contributed by atoms with van der Waals surface area (Å²) in [7, 11) is 1.28. The lowest BCUT2D eigenvalue weighted by Crippen LogP contribution is -2.37. The lowest BCUT2D eigenvalue weighted by Gasteiger charge is -2.14. The second-order valence-electron chi connectivity index (χ2n) is 4.17. The van der Waals surface area contributed by atoms with Crippen LogP contribution in [0.5, 0.6) is 0 Å². The summed E-state index contributed by atoms with van der Waals surface area (Å²) in [4.78, 5) is 25.3. The summed E-state index contributed by atoms with van der Waals surface area (Å²) in [6.45, 7) is -0.474. The van der Waals surface area contributed by atoms with Gasteiger partial charge in [-0.1, -0.05) is 0 Å². The van der Waals surface area contributed by atoms with Crippen LogP contribution >= 0.6 is 0 Å². The van der Waals surface area contributed by atoms with E-state index in [2.05, 4.69) is 4.98 Å². The normalized spacial score (nSPS) is 31.8. The highest BCUT2D eigenvalue weighted by molar-refractivity contribution is 5.14. The fourth-order valence-corrected chi connectivity index (χ4v) is 1.94. The second-order valence-corrected chi connectivity index (χ2v) is 4.17. The Morgan fingerprint density at radius 2 is 2.06 bits per heavy atom.